The first-order valence-corrected chi connectivity index (χ1v) is 7.73. The zero-order chi connectivity index (χ0) is 14.7. The van der Waals surface area contributed by atoms with Gasteiger partial charge < -0.3 is 10.1 Å². The molecule has 1 N–H and O–H groups in total. The van der Waals surface area contributed by atoms with E-state index in [-0.39, 0.29) is 12.4 Å². The summed E-state index contributed by atoms with van der Waals surface area (Å²) in [5, 5.41) is 3.77. The lowest BCUT2D eigenvalue weighted by Crippen LogP contribution is -2.36. The first kappa shape index (κ1) is 16.9. The molecule has 3 heteroatoms. The second-order valence-electron chi connectivity index (χ2n) is 5.84. The van der Waals surface area contributed by atoms with Crippen LogP contribution < -0.4 is 10.1 Å². The van der Waals surface area contributed by atoms with E-state index in [1.807, 2.05) is 0 Å². The molecule has 0 aromatic heterocycles. The van der Waals surface area contributed by atoms with Crippen molar-refractivity contribution < 1.29 is 4.74 Å². The fourth-order valence-electron chi connectivity index (χ4n) is 3.30. The molecule has 2 nitrogen and oxygen atoms in total. The molecule has 2 unspecified atom stereocenters. The normalized spacial score (nSPS) is 18.0. The standard InChI is InChI=1S/C19H23NO.ClH/c1-14(15-7-4-3-5-8-15)20-17-11-12-18-16(13-17)9-6-10-19(18)21-2;/h3-10,14,17,20H,11-13H2,1-2H3;1H. The second-order valence-corrected chi connectivity index (χ2v) is 5.84. The van der Waals surface area contributed by atoms with E-state index in [1.54, 1.807) is 7.11 Å². The molecular formula is C19H24ClNO. The Labute approximate surface area is 139 Å². The van der Waals surface area contributed by atoms with Gasteiger partial charge in [-0.15, -0.1) is 12.4 Å². The van der Waals surface area contributed by atoms with Crippen molar-refractivity contribution >= 4 is 12.4 Å². The van der Waals surface area contributed by atoms with Crippen LogP contribution in [-0.2, 0) is 12.8 Å². The largest absolute Gasteiger partial charge is 0.496 e. The molecule has 118 valence electrons. The van der Waals surface area contributed by atoms with Crippen LogP contribution in [0, 0.1) is 0 Å². The Morgan fingerprint density at radius 1 is 1.09 bits per heavy atom. The lowest BCUT2D eigenvalue weighted by molar-refractivity contribution is 0.386. The average Bonchev–Trinajstić information content (AvgIpc) is 2.54. The van der Waals surface area contributed by atoms with Gasteiger partial charge in [0.1, 0.15) is 5.75 Å². The van der Waals surface area contributed by atoms with Crippen LogP contribution in [0.1, 0.15) is 36.1 Å². The fourth-order valence-corrected chi connectivity index (χ4v) is 3.30. The summed E-state index contributed by atoms with van der Waals surface area (Å²) in [5.74, 6) is 1.04. The molecular weight excluding hydrogens is 294 g/mol. The van der Waals surface area contributed by atoms with Crippen molar-refractivity contribution in [1.82, 2.24) is 5.32 Å². The number of benzene rings is 2. The third kappa shape index (κ3) is 3.63. The highest BCUT2D eigenvalue weighted by atomic mass is 35.5. The SMILES string of the molecule is COc1cccc2c1CCC(NC(C)c1ccccc1)C2.Cl. The Morgan fingerprint density at radius 2 is 1.86 bits per heavy atom. The fraction of sp³-hybridized carbons (Fsp3) is 0.368. The number of rotatable bonds is 4. The van der Waals surface area contributed by atoms with Crippen molar-refractivity contribution in [2.24, 2.45) is 0 Å². The van der Waals surface area contributed by atoms with Gasteiger partial charge in [-0.05, 0) is 48.9 Å². The highest BCUT2D eigenvalue weighted by Crippen LogP contribution is 2.30. The summed E-state index contributed by atoms with van der Waals surface area (Å²) in [6, 6.07) is 18.0. The molecule has 3 rings (SSSR count). The topological polar surface area (TPSA) is 21.3 Å². The summed E-state index contributed by atoms with van der Waals surface area (Å²) in [6.45, 7) is 2.25. The summed E-state index contributed by atoms with van der Waals surface area (Å²) >= 11 is 0. The van der Waals surface area contributed by atoms with Crippen LogP contribution >= 0.6 is 12.4 Å². The molecule has 2 aromatic rings. The Bertz CT molecular complexity index is 600. The summed E-state index contributed by atoms with van der Waals surface area (Å²) in [4.78, 5) is 0. The van der Waals surface area contributed by atoms with Crippen LogP contribution in [0.2, 0.25) is 0 Å². The van der Waals surface area contributed by atoms with E-state index < -0.39 is 0 Å². The van der Waals surface area contributed by atoms with E-state index in [2.05, 4.69) is 60.8 Å². The molecule has 2 atom stereocenters. The smallest absolute Gasteiger partial charge is 0.122 e. The van der Waals surface area contributed by atoms with Gasteiger partial charge in [-0.2, -0.15) is 0 Å². The van der Waals surface area contributed by atoms with E-state index in [9.17, 15) is 0 Å². The highest BCUT2D eigenvalue weighted by Gasteiger charge is 2.22. The van der Waals surface area contributed by atoms with Crippen molar-refractivity contribution in [2.45, 2.75) is 38.3 Å². The predicted molar refractivity (Wildman–Crippen MR) is 94.0 cm³/mol. The molecule has 0 amide bonds. The Kier molecular flexibility index (Phi) is 5.87. The van der Waals surface area contributed by atoms with Gasteiger partial charge in [-0.3, -0.25) is 0 Å². The van der Waals surface area contributed by atoms with E-state index in [0.29, 0.717) is 12.1 Å². The van der Waals surface area contributed by atoms with Crippen LogP contribution in [-0.4, -0.2) is 13.2 Å². The minimum atomic E-state index is 0. The van der Waals surface area contributed by atoms with Crippen LogP contribution in [0.3, 0.4) is 0 Å². The minimum Gasteiger partial charge on any atom is -0.496 e. The Hall–Kier alpha value is -1.51. The van der Waals surface area contributed by atoms with Gasteiger partial charge in [0.25, 0.3) is 0 Å². The third-order valence-electron chi connectivity index (χ3n) is 4.44. The van der Waals surface area contributed by atoms with E-state index in [4.69, 9.17) is 4.74 Å². The van der Waals surface area contributed by atoms with Gasteiger partial charge in [0.2, 0.25) is 0 Å². The van der Waals surface area contributed by atoms with Crippen molar-refractivity contribution in [3.05, 3.63) is 65.2 Å². The summed E-state index contributed by atoms with van der Waals surface area (Å²) in [6.07, 6.45) is 3.35. The first-order valence-electron chi connectivity index (χ1n) is 7.73. The molecule has 0 saturated carbocycles. The molecule has 0 radical (unpaired) electrons. The first-order chi connectivity index (χ1) is 10.3. The number of nitrogens with one attached hydrogen (secondary N) is 1. The van der Waals surface area contributed by atoms with E-state index in [0.717, 1.165) is 18.6 Å². The van der Waals surface area contributed by atoms with Crippen molar-refractivity contribution in [3.8, 4) is 5.75 Å². The van der Waals surface area contributed by atoms with Gasteiger partial charge in [0.15, 0.2) is 0 Å². The van der Waals surface area contributed by atoms with Crippen molar-refractivity contribution in [1.29, 1.82) is 0 Å². The van der Waals surface area contributed by atoms with Gasteiger partial charge in [-0.1, -0.05) is 42.5 Å². The zero-order valence-electron chi connectivity index (χ0n) is 13.2. The maximum absolute atomic E-state index is 5.48. The molecule has 0 fully saturated rings. The van der Waals surface area contributed by atoms with Gasteiger partial charge in [0.05, 0.1) is 7.11 Å². The monoisotopic (exact) mass is 317 g/mol. The quantitative estimate of drug-likeness (QED) is 0.906. The van der Waals surface area contributed by atoms with Gasteiger partial charge in [-0.25, -0.2) is 0 Å². The van der Waals surface area contributed by atoms with Gasteiger partial charge >= 0.3 is 0 Å². The lowest BCUT2D eigenvalue weighted by Gasteiger charge is -2.29. The Morgan fingerprint density at radius 3 is 2.59 bits per heavy atom. The average molecular weight is 318 g/mol. The maximum Gasteiger partial charge on any atom is 0.122 e. The van der Waals surface area contributed by atoms with Crippen LogP contribution in [0.15, 0.2) is 48.5 Å². The summed E-state index contributed by atoms with van der Waals surface area (Å²) < 4.78 is 5.48. The molecule has 0 saturated heterocycles. The van der Waals surface area contributed by atoms with Crippen LogP contribution in [0.4, 0.5) is 0 Å². The summed E-state index contributed by atoms with van der Waals surface area (Å²) in [5.41, 5.74) is 4.18. The Balaban J connectivity index is 0.00000176. The van der Waals surface area contributed by atoms with Crippen LogP contribution in [0.5, 0.6) is 5.75 Å². The molecule has 22 heavy (non-hydrogen) atoms. The number of fused-ring (bicyclic) bond motifs is 1. The van der Waals surface area contributed by atoms with Crippen molar-refractivity contribution in [2.75, 3.05) is 7.11 Å². The van der Waals surface area contributed by atoms with Crippen molar-refractivity contribution in [3.63, 3.8) is 0 Å². The zero-order valence-corrected chi connectivity index (χ0v) is 14.0. The van der Waals surface area contributed by atoms with E-state index in [1.165, 1.54) is 23.1 Å². The molecule has 0 bridgehead atoms. The summed E-state index contributed by atoms with van der Waals surface area (Å²) in [7, 11) is 1.76. The lowest BCUT2D eigenvalue weighted by atomic mass is 9.87. The number of methoxy groups -OCH3 is 1. The predicted octanol–water partition coefficient (Wildman–Crippen LogP) is 4.33. The number of halogens is 1. The number of hydrogen-bond donors (Lipinski definition) is 1. The van der Waals surface area contributed by atoms with Gasteiger partial charge in [0, 0.05) is 12.1 Å². The maximum atomic E-state index is 5.48. The molecule has 1 aliphatic carbocycles. The highest BCUT2D eigenvalue weighted by molar-refractivity contribution is 5.85. The second kappa shape index (κ2) is 7.66. The van der Waals surface area contributed by atoms with E-state index >= 15 is 0 Å². The number of ether oxygens (including phenoxy) is 1. The van der Waals surface area contributed by atoms with Crippen LogP contribution in [0.25, 0.3) is 0 Å². The molecule has 2 aromatic carbocycles. The molecule has 0 aliphatic heterocycles. The number of hydrogen-bond acceptors (Lipinski definition) is 2. The molecule has 0 heterocycles. The third-order valence-corrected chi connectivity index (χ3v) is 4.44. The minimum absolute atomic E-state index is 0. The molecule has 0 spiro atoms. The molecule has 1 aliphatic rings.